The van der Waals surface area contributed by atoms with Gasteiger partial charge in [-0.1, -0.05) is 29.3 Å². The highest BCUT2D eigenvalue weighted by Crippen LogP contribution is 2.23. The van der Waals surface area contributed by atoms with Crippen molar-refractivity contribution in [2.45, 2.75) is 25.6 Å². The molecule has 0 saturated heterocycles. The minimum absolute atomic E-state index is 0.370. The van der Waals surface area contributed by atoms with Crippen molar-refractivity contribution in [3.05, 3.63) is 33.8 Å². The van der Waals surface area contributed by atoms with Gasteiger partial charge < -0.3 is 10.2 Å². The Morgan fingerprint density at radius 3 is 2.36 bits per heavy atom. The Bertz CT molecular complexity index is 313. The molecular formula is C10H12Cl2O2. The van der Waals surface area contributed by atoms with Crippen molar-refractivity contribution in [2.75, 3.05) is 0 Å². The van der Waals surface area contributed by atoms with Gasteiger partial charge in [-0.05, 0) is 24.6 Å². The molecule has 2 nitrogen and oxygen atoms in total. The molecule has 2 unspecified atom stereocenters. The molecule has 0 heterocycles. The van der Waals surface area contributed by atoms with Gasteiger partial charge in [-0.15, -0.1) is 0 Å². The van der Waals surface area contributed by atoms with Crippen molar-refractivity contribution >= 4 is 23.2 Å². The van der Waals surface area contributed by atoms with Crippen LogP contribution < -0.4 is 0 Å². The summed E-state index contributed by atoms with van der Waals surface area (Å²) in [6.07, 6.45) is -1.15. The summed E-state index contributed by atoms with van der Waals surface area (Å²) in [5.74, 6) is 0. The smallest absolute Gasteiger partial charge is 0.0836 e. The lowest BCUT2D eigenvalue weighted by Crippen LogP contribution is -2.24. The second-order valence-corrected chi connectivity index (χ2v) is 4.07. The van der Waals surface area contributed by atoms with E-state index in [4.69, 9.17) is 28.3 Å². The fraction of sp³-hybridized carbons (Fsp3) is 0.400. The quantitative estimate of drug-likeness (QED) is 0.843. The van der Waals surface area contributed by atoms with Crippen molar-refractivity contribution in [2.24, 2.45) is 0 Å². The summed E-state index contributed by atoms with van der Waals surface area (Å²) < 4.78 is 0. The van der Waals surface area contributed by atoms with Gasteiger partial charge >= 0.3 is 0 Å². The predicted molar refractivity (Wildman–Crippen MR) is 57.9 cm³/mol. The lowest BCUT2D eigenvalue weighted by Gasteiger charge is -2.13. The maximum atomic E-state index is 9.41. The van der Waals surface area contributed by atoms with E-state index in [0.717, 1.165) is 5.56 Å². The molecule has 0 bridgehead atoms. The van der Waals surface area contributed by atoms with Crippen LogP contribution >= 0.6 is 23.2 Å². The van der Waals surface area contributed by atoms with E-state index in [1.807, 2.05) is 0 Å². The molecule has 2 atom stereocenters. The zero-order valence-electron chi connectivity index (χ0n) is 7.74. The van der Waals surface area contributed by atoms with Crippen LogP contribution in [0.15, 0.2) is 18.2 Å². The summed E-state index contributed by atoms with van der Waals surface area (Å²) in [5, 5.41) is 19.5. The first kappa shape index (κ1) is 11.8. The van der Waals surface area contributed by atoms with Crippen molar-refractivity contribution < 1.29 is 10.2 Å². The fourth-order valence-electron chi connectivity index (χ4n) is 1.08. The second-order valence-electron chi connectivity index (χ2n) is 3.26. The fourth-order valence-corrected chi connectivity index (χ4v) is 1.40. The van der Waals surface area contributed by atoms with Crippen molar-refractivity contribution in [1.29, 1.82) is 0 Å². The van der Waals surface area contributed by atoms with Crippen LogP contribution in [-0.2, 0) is 6.42 Å². The SMILES string of the molecule is CC(O)C(O)Cc1ccc(Cl)c(Cl)c1. The van der Waals surface area contributed by atoms with Crippen molar-refractivity contribution in [3.63, 3.8) is 0 Å². The normalized spacial score (nSPS) is 15.2. The molecule has 1 aromatic rings. The Morgan fingerprint density at radius 2 is 1.86 bits per heavy atom. The lowest BCUT2D eigenvalue weighted by molar-refractivity contribution is 0.0320. The molecule has 0 aliphatic carbocycles. The van der Waals surface area contributed by atoms with Crippen LogP contribution in [0.25, 0.3) is 0 Å². The number of hydrogen-bond donors (Lipinski definition) is 2. The summed E-state index contributed by atoms with van der Waals surface area (Å²) in [4.78, 5) is 0. The average Bonchev–Trinajstić information content (AvgIpc) is 2.11. The second kappa shape index (κ2) is 4.99. The summed E-state index contributed by atoms with van der Waals surface area (Å²) >= 11 is 11.5. The van der Waals surface area contributed by atoms with Gasteiger partial charge in [0.1, 0.15) is 0 Å². The van der Waals surface area contributed by atoms with E-state index >= 15 is 0 Å². The molecule has 78 valence electrons. The van der Waals surface area contributed by atoms with Crippen LogP contribution in [0.1, 0.15) is 12.5 Å². The number of hydrogen-bond acceptors (Lipinski definition) is 2. The lowest BCUT2D eigenvalue weighted by atomic mass is 10.1. The minimum Gasteiger partial charge on any atom is -0.391 e. The van der Waals surface area contributed by atoms with Gasteiger partial charge in [0.15, 0.2) is 0 Å². The molecule has 1 aromatic carbocycles. The van der Waals surface area contributed by atoms with E-state index in [0.29, 0.717) is 16.5 Å². The molecule has 2 N–H and O–H groups in total. The van der Waals surface area contributed by atoms with Gasteiger partial charge in [0.25, 0.3) is 0 Å². The first-order chi connectivity index (χ1) is 6.50. The maximum absolute atomic E-state index is 9.41. The van der Waals surface area contributed by atoms with E-state index in [1.54, 1.807) is 25.1 Å². The Labute approximate surface area is 93.1 Å². The number of aliphatic hydroxyl groups excluding tert-OH is 2. The molecule has 1 rings (SSSR count). The van der Waals surface area contributed by atoms with E-state index < -0.39 is 12.2 Å². The number of rotatable bonds is 3. The number of benzene rings is 1. The number of halogens is 2. The maximum Gasteiger partial charge on any atom is 0.0836 e. The van der Waals surface area contributed by atoms with Crippen molar-refractivity contribution in [1.82, 2.24) is 0 Å². The van der Waals surface area contributed by atoms with Gasteiger partial charge in [0, 0.05) is 6.42 Å². The van der Waals surface area contributed by atoms with E-state index in [-0.39, 0.29) is 0 Å². The Morgan fingerprint density at radius 1 is 1.21 bits per heavy atom. The zero-order valence-corrected chi connectivity index (χ0v) is 9.26. The van der Waals surface area contributed by atoms with Crippen LogP contribution in [0, 0.1) is 0 Å². The number of aliphatic hydroxyl groups is 2. The summed E-state index contributed by atoms with van der Waals surface area (Å²) in [6.45, 7) is 1.54. The minimum atomic E-state index is -0.771. The first-order valence-corrected chi connectivity index (χ1v) is 5.06. The van der Waals surface area contributed by atoms with E-state index in [1.165, 1.54) is 0 Å². The molecule has 0 spiro atoms. The van der Waals surface area contributed by atoms with E-state index in [9.17, 15) is 5.11 Å². The monoisotopic (exact) mass is 234 g/mol. The first-order valence-electron chi connectivity index (χ1n) is 4.30. The van der Waals surface area contributed by atoms with Crippen LogP contribution in [0.3, 0.4) is 0 Å². The van der Waals surface area contributed by atoms with Crippen LogP contribution in [-0.4, -0.2) is 22.4 Å². The zero-order chi connectivity index (χ0) is 10.7. The standard InChI is InChI=1S/C10H12Cl2O2/c1-6(13)10(14)5-7-2-3-8(11)9(12)4-7/h2-4,6,10,13-14H,5H2,1H3. The molecule has 0 aromatic heterocycles. The van der Waals surface area contributed by atoms with Gasteiger partial charge in [-0.25, -0.2) is 0 Å². The van der Waals surface area contributed by atoms with Crippen molar-refractivity contribution in [3.8, 4) is 0 Å². The van der Waals surface area contributed by atoms with Crippen LogP contribution in [0.4, 0.5) is 0 Å². The van der Waals surface area contributed by atoms with E-state index in [2.05, 4.69) is 0 Å². The highest BCUT2D eigenvalue weighted by Gasteiger charge is 2.12. The highest BCUT2D eigenvalue weighted by atomic mass is 35.5. The summed E-state index contributed by atoms with van der Waals surface area (Å²) in [5.41, 5.74) is 0.854. The predicted octanol–water partition coefficient (Wildman–Crippen LogP) is 2.28. The van der Waals surface area contributed by atoms with Gasteiger partial charge in [0.2, 0.25) is 0 Å². The highest BCUT2D eigenvalue weighted by molar-refractivity contribution is 6.42. The molecule has 0 radical (unpaired) electrons. The molecule has 0 saturated carbocycles. The molecule has 0 aliphatic heterocycles. The molecule has 0 amide bonds. The molecule has 0 aliphatic rings. The van der Waals surface area contributed by atoms with Crippen LogP contribution in [0.5, 0.6) is 0 Å². The average molecular weight is 235 g/mol. The Hall–Kier alpha value is -0.280. The molecule has 14 heavy (non-hydrogen) atoms. The Balaban J connectivity index is 2.73. The van der Waals surface area contributed by atoms with Crippen LogP contribution in [0.2, 0.25) is 10.0 Å². The van der Waals surface area contributed by atoms with Gasteiger partial charge in [-0.3, -0.25) is 0 Å². The topological polar surface area (TPSA) is 40.5 Å². The molecule has 4 heteroatoms. The van der Waals surface area contributed by atoms with Gasteiger partial charge in [-0.2, -0.15) is 0 Å². The largest absolute Gasteiger partial charge is 0.391 e. The third-order valence-corrected chi connectivity index (χ3v) is 2.72. The summed E-state index contributed by atoms with van der Waals surface area (Å²) in [7, 11) is 0. The molecule has 0 fully saturated rings. The van der Waals surface area contributed by atoms with Gasteiger partial charge in [0.05, 0.1) is 22.3 Å². The third-order valence-electron chi connectivity index (χ3n) is 1.99. The summed E-state index contributed by atoms with van der Waals surface area (Å²) in [6, 6.07) is 5.14. The Kier molecular flexibility index (Phi) is 4.20. The third kappa shape index (κ3) is 3.14. The molecular weight excluding hydrogens is 223 g/mol.